The van der Waals surface area contributed by atoms with E-state index in [-0.39, 0.29) is 36.9 Å². The average molecular weight is 463 g/mol. The number of rotatable bonds is 8. The fourth-order valence-corrected chi connectivity index (χ4v) is 5.51. The van der Waals surface area contributed by atoms with E-state index in [1.807, 2.05) is 24.3 Å². The van der Waals surface area contributed by atoms with Crippen LogP contribution in [0.2, 0.25) is 0 Å². The predicted molar refractivity (Wildman–Crippen MR) is 126 cm³/mol. The molecule has 5 rings (SSSR count). The molecule has 2 amide bonds. The molecule has 2 aromatic carbocycles. The van der Waals surface area contributed by atoms with Crippen LogP contribution in [0.5, 0.6) is 0 Å². The van der Waals surface area contributed by atoms with Crippen molar-refractivity contribution in [3.05, 3.63) is 59.7 Å². The van der Waals surface area contributed by atoms with E-state index in [0.717, 1.165) is 60.8 Å². The van der Waals surface area contributed by atoms with Crippen LogP contribution in [0.25, 0.3) is 11.1 Å². The molecule has 0 heterocycles. The number of hydrogen-bond acceptors (Lipinski definition) is 4. The first kappa shape index (κ1) is 22.4. The maximum absolute atomic E-state index is 13.4. The summed E-state index contributed by atoms with van der Waals surface area (Å²) >= 11 is 0. The molecule has 34 heavy (non-hydrogen) atoms. The third-order valence-electron chi connectivity index (χ3n) is 7.33. The van der Waals surface area contributed by atoms with Crippen LogP contribution < -0.4 is 5.32 Å². The lowest BCUT2D eigenvalue weighted by Crippen LogP contribution is -2.53. The quantitative estimate of drug-likeness (QED) is 0.614. The van der Waals surface area contributed by atoms with Crippen LogP contribution in [0.1, 0.15) is 55.6 Å². The number of hydrogen-bond donors (Lipinski definition) is 2. The molecule has 2 saturated carbocycles. The Morgan fingerprint density at radius 1 is 0.941 bits per heavy atom. The second-order valence-corrected chi connectivity index (χ2v) is 9.58. The molecule has 0 aliphatic heterocycles. The molecule has 7 nitrogen and oxygen atoms in total. The fourth-order valence-electron chi connectivity index (χ4n) is 5.51. The minimum absolute atomic E-state index is 0.0330. The van der Waals surface area contributed by atoms with E-state index in [1.165, 1.54) is 4.90 Å². The molecule has 0 bridgehead atoms. The summed E-state index contributed by atoms with van der Waals surface area (Å²) in [7, 11) is 0. The Morgan fingerprint density at radius 2 is 1.53 bits per heavy atom. The van der Waals surface area contributed by atoms with Gasteiger partial charge in [0.05, 0.1) is 0 Å². The zero-order chi connectivity index (χ0) is 23.7. The number of nitrogens with one attached hydrogen (secondary N) is 1. The average Bonchev–Trinajstić information content (AvgIpc) is 3.43. The van der Waals surface area contributed by atoms with E-state index in [1.54, 1.807) is 0 Å². The zero-order valence-corrected chi connectivity index (χ0v) is 19.1. The van der Waals surface area contributed by atoms with Crippen molar-refractivity contribution in [2.24, 2.45) is 5.92 Å². The number of ether oxygens (including phenoxy) is 1. The van der Waals surface area contributed by atoms with Crippen LogP contribution >= 0.6 is 0 Å². The third-order valence-corrected chi connectivity index (χ3v) is 7.33. The SMILES string of the molecule is O=C(O)CN(C(=O)C(NC(=O)OCC1c2ccccc2-c2ccccc21)C1CC1)C1CCCC1. The van der Waals surface area contributed by atoms with Gasteiger partial charge in [-0.05, 0) is 53.9 Å². The number of aliphatic carboxylic acids is 1. The van der Waals surface area contributed by atoms with Gasteiger partial charge in [-0.2, -0.15) is 0 Å². The number of carboxylic acids is 1. The highest BCUT2D eigenvalue weighted by atomic mass is 16.5. The maximum Gasteiger partial charge on any atom is 0.407 e. The highest BCUT2D eigenvalue weighted by Gasteiger charge is 2.42. The molecule has 3 aliphatic rings. The van der Waals surface area contributed by atoms with Gasteiger partial charge in [0.15, 0.2) is 0 Å². The summed E-state index contributed by atoms with van der Waals surface area (Å²) in [5.41, 5.74) is 4.55. The molecule has 2 aromatic rings. The van der Waals surface area contributed by atoms with Crippen molar-refractivity contribution < 1.29 is 24.2 Å². The van der Waals surface area contributed by atoms with E-state index in [2.05, 4.69) is 29.6 Å². The Kier molecular flexibility index (Phi) is 6.26. The normalized spacial score (nSPS) is 18.1. The topological polar surface area (TPSA) is 95.9 Å². The second kappa shape index (κ2) is 9.49. The fraction of sp³-hybridized carbons (Fsp3) is 0.444. The Hall–Kier alpha value is -3.35. The van der Waals surface area contributed by atoms with Crippen molar-refractivity contribution in [2.75, 3.05) is 13.2 Å². The largest absolute Gasteiger partial charge is 0.480 e. The van der Waals surface area contributed by atoms with E-state index < -0.39 is 18.1 Å². The van der Waals surface area contributed by atoms with E-state index in [9.17, 15) is 19.5 Å². The number of nitrogens with zero attached hydrogens (tertiary/aromatic N) is 1. The van der Waals surface area contributed by atoms with Crippen LogP contribution in [0.4, 0.5) is 4.79 Å². The summed E-state index contributed by atoms with van der Waals surface area (Å²) in [5, 5.41) is 12.2. The van der Waals surface area contributed by atoms with Crippen LogP contribution in [0, 0.1) is 5.92 Å². The summed E-state index contributed by atoms with van der Waals surface area (Å²) in [5.74, 6) is -1.36. The monoisotopic (exact) mass is 462 g/mol. The predicted octanol–water partition coefficient (Wildman–Crippen LogP) is 4.16. The first-order valence-electron chi connectivity index (χ1n) is 12.2. The number of amides is 2. The molecule has 0 saturated heterocycles. The van der Waals surface area contributed by atoms with E-state index in [0.29, 0.717) is 0 Å². The van der Waals surface area contributed by atoms with Gasteiger partial charge in [-0.25, -0.2) is 4.79 Å². The summed E-state index contributed by atoms with van der Waals surface area (Å²) in [6, 6.07) is 15.4. The Balaban J connectivity index is 1.27. The van der Waals surface area contributed by atoms with Gasteiger partial charge in [-0.1, -0.05) is 61.4 Å². The van der Waals surface area contributed by atoms with Crippen LogP contribution in [0.3, 0.4) is 0 Å². The first-order valence-corrected chi connectivity index (χ1v) is 12.2. The van der Waals surface area contributed by atoms with Gasteiger partial charge in [-0.3, -0.25) is 9.59 Å². The first-order chi connectivity index (χ1) is 16.5. The molecule has 2 N–H and O–H groups in total. The van der Waals surface area contributed by atoms with Crippen molar-refractivity contribution in [1.82, 2.24) is 10.2 Å². The number of fused-ring (bicyclic) bond motifs is 3. The number of carbonyl (C=O) groups is 3. The Labute approximate surface area is 199 Å². The molecule has 3 aliphatic carbocycles. The lowest BCUT2D eigenvalue weighted by atomic mass is 9.98. The highest BCUT2D eigenvalue weighted by Crippen LogP contribution is 2.44. The molecule has 2 fully saturated rings. The molecule has 1 unspecified atom stereocenters. The molecule has 1 atom stereocenters. The number of alkyl carbamates (subject to hydrolysis) is 1. The molecule has 0 spiro atoms. The molecule has 178 valence electrons. The summed E-state index contributed by atoms with van der Waals surface area (Å²) < 4.78 is 5.65. The van der Waals surface area contributed by atoms with Crippen molar-refractivity contribution in [3.63, 3.8) is 0 Å². The Morgan fingerprint density at radius 3 is 2.09 bits per heavy atom. The van der Waals surface area contributed by atoms with Gasteiger partial charge in [0.25, 0.3) is 0 Å². The van der Waals surface area contributed by atoms with Crippen molar-refractivity contribution in [3.8, 4) is 11.1 Å². The van der Waals surface area contributed by atoms with Crippen LogP contribution in [-0.4, -0.2) is 53.2 Å². The van der Waals surface area contributed by atoms with Crippen molar-refractivity contribution >= 4 is 18.0 Å². The van der Waals surface area contributed by atoms with Crippen LogP contribution in [-0.2, 0) is 14.3 Å². The molecule has 0 radical (unpaired) electrons. The zero-order valence-electron chi connectivity index (χ0n) is 19.1. The van der Waals surface area contributed by atoms with Gasteiger partial charge in [0.2, 0.25) is 5.91 Å². The molecule has 0 aromatic heterocycles. The summed E-state index contributed by atoms with van der Waals surface area (Å²) in [6.45, 7) is -0.161. The molecule has 7 heteroatoms. The summed E-state index contributed by atoms with van der Waals surface area (Å²) in [4.78, 5) is 39.1. The van der Waals surface area contributed by atoms with Gasteiger partial charge in [0, 0.05) is 12.0 Å². The van der Waals surface area contributed by atoms with Gasteiger partial charge in [-0.15, -0.1) is 0 Å². The highest BCUT2D eigenvalue weighted by molar-refractivity contribution is 5.89. The third kappa shape index (κ3) is 4.52. The minimum atomic E-state index is -1.03. The molecular formula is C27H30N2O5. The number of carboxylic acid groups (broad SMARTS) is 1. The molecular weight excluding hydrogens is 432 g/mol. The minimum Gasteiger partial charge on any atom is -0.480 e. The van der Waals surface area contributed by atoms with E-state index in [4.69, 9.17) is 4.74 Å². The maximum atomic E-state index is 13.4. The van der Waals surface area contributed by atoms with Gasteiger partial charge in [0.1, 0.15) is 19.2 Å². The van der Waals surface area contributed by atoms with Gasteiger partial charge < -0.3 is 20.1 Å². The Bertz CT molecular complexity index is 1040. The lowest BCUT2D eigenvalue weighted by molar-refractivity contribution is -0.147. The second-order valence-electron chi connectivity index (χ2n) is 9.58. The van der Waals surface area contributed by atoms with Crippen molar-refractivity contribution in [2.45, 2.75) is 56.5 Å². The summed E-state index contributed by atoms with van der Waals surface area (Å²) in [6.07, 6.45) is 4.64. The number of carbonyl (C=O) groups excluding carboxylic acids is 2. The van der Waals surface area contributed by atoms with Crippen molar-refractivity contribution in [1.29, 1.82) is 0 Å². The number of benzene rings is 2. The van der Waals surface area contributed by atoms with E-state index >= 15 is 0 Å². The smallest absolute Gasteiger partial charge is 0.407 e. The van der Waals surface area contributed by atoms with Gasteiger partial charge >= 0.3 is 12.1 Å². The standard InChI is InChI=1S/C27H30N2O5/c30-24(31)15-29(18-7-1-2-8-18)26(32)25(17-13-14-17)28-27(33)34-16-23-21-11-5-3-9-19(21)20-10-4-6-12-22(20)23/h3-6,9-12,17-18,23,25H,1-2,7-8,13-16H2,(H,28,33)(H,30,31). The lowest BCUT2D eigenvalue weighted by Gasteiger charge is -2.31. The van der Waals surface area contributed by atoms with Crippen LogP contribution in [0.15, 0.2) is 48.5 Å².